The van der Waals surface area contributed by atoms with Crippen molar-refractivity contribution in [1.82, 2.24) is 10.6 Å². The summed E-state index contributed by atoms with van der Waals surface area (Å²) in [6, 6.07) is -0.0151. The number of nitrogens with one attached hydrogen (secondary N) is 2. The minimum atomic E-state index is -0.235. The maximum Gasteiger partial charge on any atom is 0.315 e. The molecule has 1 rings (SSSR count). The molecule has 0 bridgehead atoms. The fraction of sp³-hybridized carbons (Fsp3) is 0.818. The van der Waals surface area contributed by atoms with Crippen LogP contribution in [0.3, 0.4) is 0 Å². The Morgan fingerprint density at radius 2 is 1.94 bits per heavy atom. The van der Waals surface area contributed by atoms with Crippen molar-refractivity contribution in [3.63, 3.8) is 0 Å². The van der Waals surface area contributed by atoms with Gasteiger partial charge in [0.1, 0.15) is 6.10 Å². The average Bonchev–Trinajstić information content (AvgIpc) is 2.28. The summed E-state index contributed by atoms with van der Waals surface area (Å²) in [7, 11) is 0. The molecule has 1 saturated carbocycles. The lowest BCUT2D eigenvalue weighted by Gasteiger charge is -2.28. The number of ether oxygens (including phenoxy) is 1. The van der Waals surface area contributed by atoms with Crippen LogP contribution in [0, 0.1) is 0 Å². The zero-order chi connectivity index (χ0) is 12.7. The molecule has 0 saturated heterocycles. The molecule has 1 aliphatic carbocycles. The molecule has 2 amide bonds. The van der Waals surface area contributed by atoms with Gasteiger partial charge in [-0.25, -0.2) is 4.79 Å². The molecule has 98 valence electrons. The van der Waals surface area contributed by atoms with E-state index in [1.807, 2.05) is 0 Å². The van der Waals surface area contributed by atoms with Crippen LogP contribution >= 0.6 is 11.6 Å². The molecule has 0 atom stereocenters. The summed E-state index contributed by atoms with van der Waals surface area (Å²) in [5.74, 6) is 0.174. The molecule has 0 aliphatic heterocycles. The van der Waals surface area contributed by atoms with Crippen LogP contribution in [0.1, 0.15) is 32.6 Å². The van der Waals surface area contributed by atoms with Gasteiger partial charge in [0.15, 0.2) is 0 Å². The van der Waals surface area contributed by atoms with E-state index < -0.39 is 0 Å². The highest BCUT2D eigenvalue weighted by molar-refractivity contribution is 6.18. The van der Waals surface area contributed by atoms with Gasteiger partial charge >= 0.3 is 12.0 Å². The minimum absolute atomic E-state index is 0.0106. The van der Waals surface area contributed by atoms with Gasteiger partial charge in [-0.05, 0) is 25.7 Å². The molecule has 0 unspecified atom stereocenters. The summed E-state index contributed by atoms with van der Waals surface area (Å²) in [5, 5.41) is 5.53. The highest BCUT2D eigenvalue weighted by atomic mass is 35.5. The number of amides is 2. The minimum Gasteiger partial charge on any atom is -0.463 e. The van der Waals surface area contributed by atoms with Gasteiger partial charge in [0.25, 0.3) is 0 Å². The van der Waals surface area contributed by atoms with Crippen LogP contribution < -0.4 is 10.6 Å². The summed E-state index contributed by atoms with van der Waals surface area (Å²) in [6.07, 6.45) is 3.30. The molecule has 0 radical (unpaired) electrons. The molecule has 0 aromatic heterocycles. The summed E-state index contributed by atoms with van der Waals surface area (Å²) in [6.45, 7) is 1.89. The van der Waals surface area contributed by atoms with Crippen LogP contribution in [0.25, 0.3) is 0 Å². The summed E-state index contributed by atoms with van der Waals surface area (Å²) in [4.78, 5) is 22.1. The van der Waals surface area contributed by atoms with Gasteiger partial charge in [-0.15, -0.1) is 11.6 Å². The predicted molar refractivity (Wildman–Crippen MR) is 65.1 cm³/mol. The van der Waals surface area contributed by atoms with E-state index in [1.54, 1.807) is 0 Å². The van der Waals surface area contributed by atoms with Gasteiger partial charge in [0, 0.05) is 25.4 Å². The van der Waals surface area contributed by atoms with E-state index in [9.17, 15) is 9.59 Å². The quantitative estimate of drug-likeness (QED) is 0.594. The number of rotatable bonds is 4. The van der Waals surface area contributed by atoms with Crippen LogP contribution in [0.15, 0.2) is 0 Å². The Labute approximate surface area is 106 Å². The second kappa shape index (κ2) is 7.37. The fourth-order valence-corrected chi connectivity index (χ4v) is 2.05. The van der Waals surface area contributed by atoms with E-state index in [1.165, 1.54) is 6.92 Å². The van der Waals surface area contributed by atoms with Crippen molar-refractivity contribution >= 4 is 23.6 Å². The molecule has 0 spiro atoms. The molecule has 17 heavy (non-hydrogen) atoms. The Morgan fingerprint density at radius 3 is 2.47 bits per heavy atom. The van der Waals surface area contributed by atoms with Gasteiger partial charge in [-0.2, -0.15) is 0 Å². The van der Waals surface area contributed by atoms with Crippen LogP contribution in [-0.4, -0.2) is 36.6 Å². The predicted octanol–water partition coefficient (Wildman–Crippen LogP) is 1.40. The van der Waals surface area contributed by atoms with Gasteiger partial charge in [0.05, 0.1) is 0 Å². The van der Waals surface area contributed by atoms with E-state index in [2.05, 4.69) is 10.6 Å². The van der Waals surface area contributed by atoms with E-state index in [0.29, 0.717) is 12.4 Å². The van der Waals surface area contributed by atoms with Crippen molar-refractivity contribution in [1.29, 1.82) is 0 Å². The average molecular weight is 263 g/mol. The number of alkyl halides is 1. The fourth-order valence-electron chi connectivity index (χ4n) is 1.96. The number of halogens is 1. The Kier molecular flexibility index (Phi) is 6.11. The Morgan fingerprint density at radius 1 is 1.29 bits per heavy atom. The van der Waals surface area contributed by atoms with Crippen molar-refractivity contribution < 1.29 is 14.3 Å². The number of esters is 1. The van der Waals surface area contributed by atoms with Crippen LogP contribution in [0.2, 0.25) is 0 Å². The largest absolute Gasteiger partial charge is 0.463 e. The van der Waals surface area contributed by atoms with Crippen LogP contribution in [0.5, 0.6) is 0 Å². The second-order valence-electron chi connectivity index (χ2n) is 4.17. The zero-order valence-electron chi connectivity index (χ0n) is 10.0. The standard InChI is InChI=1S/C11H19ClN2O3/c1-8(15)17-10-4-2-9(3-5-10)14-11(16)13-7-6-12/h9-10H,2-7H2,1H3,(H2,13,14,16). The Balaban J connectivity index is 2.18. The lowest BCUT2D eigenvalue weighted by atomic mass is 9.93. The van der Waals surface area contributed by atoms with Crippen molar-refractivity contribution in [2.24, 2.45) is 0 Å². The molecular weight excluding hydrogens is 244 g/mol. The first-order valence-corrected chi connectivity index (χ1v) is 6.43. The Bertz CT molecular complexity index is 265. The topological polar surface area (TPSA) is 67.4 Å². The summed E-state index contributed by atoms with van der Waals surface area (Å²) < 4.78 is 5.12. The van der Waals surface area contributed by atoms with Gasteiger partial charge in [-0.1, -0.05) is 0 Å². The number of carbonyl (C=O) groups is 2. The maximum absolute atomic E-state index is 11.4. The van der Waals surface area contributed by atoms with Crippen molar-refractivity contribution in [3.8, 4) is 0 Å². The third kappa shape index (κ3) is 5.77. The third-order valence-electron chi connectivity index (χ3n) is 2.72. The number of urea groups is 1. The molecule has 0 heterocycles. The third-order valence-corrected chi connectivity index (χ3v) is 2.91. The monoisotopic (exact) mass is 262 g/mol. The highest BCUT2D eigenvalue weighted by Gasteiger charge is 2.23. The SMILES string of the molecule is CC(=O)OC1CCC(NC(=O)NCCCl)CC1. The molecule has 1 aliphatic rings. The molecule has 5 nitrogen and oxygen atoms in total. The number of hydrogen-bond donors (Lipinski definition) is 2. The van der Waals surface area contributed by atoms with Crippen molar-refractivity contribution in [2.45, 2.75) is 44.8 Å². The van der Waals surface area contributed by atoms with Crippen molar-refractivity contribution in [2.75, 3.05) is 12.4 Å². The van der Waals surface area contributed by atoms with E-state index in [0.717, 1.165) is 25.7 Å². The maximum atomic E-state index is 11.4. The van der Waals surface area contributed by atoms with Crippen LogP contribution in [-0.2, 0) is 9.53 Å². The van der Waals surface area contributed by atoms with E-state index in [-0.39, 0.29) is 24.1 Å². The van der Waals surface area contributed by atoms with Gasteiger partial charge in [-0.3, -0.25) is 4.79 Å². The van der Waals surface area contributed by atoms with Gasteiger partial charge < -0.3 is 15.4 Å². The lowest BCUT2D eigenvalue weighted by Crippen LogP contribution is -2.44. The van der Waals surface area contributed by atoms with Gasteiger partial charge in [0.2, 0.25) is 0 Å². The van der Waals surface area contributed by atoms with Crippen LogP contribution in [0.4, 0.5) is 4.79 Å². The molecule has 6 heteroatoms. The molecule has 0 aromatic carbocycles. The number of hydrogen-bond acceptors (Lipinski definition) is 3. The van der Waals surface area contributed by atoms with Crippen molar-refractivity contribution in [3.05, 3.63) is 0 Å². The normalized spacial score (nSPS) is 23.9. The molecule has 0 aromatic rings. The first-order valence-electron chi connectivity index (χ1n) is 5.89. The molecule has 1 fully saturated rings. The smallest absolute Gasteiger partial charge is 0.315 e. The highest BCUT2D eigenvalue weighted by Crippen LogP contribution is 2.21. The summed E-state index contributed by atoms with van der Waals surface area (Å²) >= 11 is 5.46. The second-order valence-corrected chi connectivity index (χ2v) is 4.55. The Hall–Kier alpha value is -0.970. The van der Waals surface area contributed by atoms with E-state index >= 15 is 0 Å². The lowest BCUT2D eigenvalue weighted by molar-refractivity contribution is -0.147. The zero-order valence-corrected chi connectivity index (χ0v) is 10.8. The first kappa shape index (κ1) is 14.1. The first-order chi connectivity index (χ1) is 8.11. The molecule has 2 N–H and O–H groups in total. The molecular formula is C11H19ClN2O3. The number of carbonyl (C=O) groups excluding carboxylic acids is 2. The summed E-state index contributed by atoms with van der Waals surface area (Å²) in [5.41, 5.74) is 0. The van der Waals surface area contributed by atoms with E-state index in [4.69, 9.17) is 16.3 Å².